The maximum absolute atomic E-state index is 11.0. The number of Topliss-reactive ketones (excluding diaryl/α,β-unsaturated/α-hetero) is 1. The van der Waals surface area contributed by atoms with E-state index in [0.29, 0.717) is 11.7 Å². The van der Waals surface area contributed by atoms with Gasteiger partial charge < -0.3 is 0 Å². The Bertz CT molecular complexity index is 170. The lowest BCUT2D eigenvalue weighted by molar-refractivity contribution is -0.114. The fourth-order valence-corrected chi connectivity index (χ4v) is 1.64. The molecule has 0 aromatic rings. The highest BCUT2D eigenvalue weighted by Gasteiger charge is 2.25. The fourth-order valence-electron chi connectivity index (χ4n) is 1.64. The highest BCUT2D eigenvalue weighted by atomic mass is 16.1. The molecule has 0 aromatic carbocycles. The van der Waals surface area contributed by atoms with Crippen LogP contribution in [0.5, 0.6) is 0 Å². The third kappa shape index (κ3) is 1.92. The van der Waals surface area contributed by atoms with Gasteiger partial charge in [-0.15, -0.1) is 0 Å². The molecule has 1 aliphatic carbocycles. The molecule has 1 fully saturated rings. The largest absolute Gasteiger partial charge is 0.295 e. The van der Waals surface area contributed by atoms with E-state index in [1.54, 1.807) is 0 Å². The topological polar surface area (TPSA) is 17.1 Å². The van der Waals surface area contributed by atoms with Crippen LogP contribution in [0.2, 0.25) is 0 Å². The fraction of sp³-hybridized carbons (Fsp3) is 0.700. The summed E-state index contributed by atoms with van der Waals surface area (Å²) < 4.78 is 0. The second kappa shape index (κ2) is 3.70. The van der Waals surface area contributed by atoms with Crippen LogP contribution in [0.4, 0.5) is 0 Å². The third-order valence-corrected chi connectivity index (χ3v) is 2.48. The monoisotopic (exact) mass is 152 g/mol. The van der Waals surface area contributed by atoms with Crippen molar-refractivity contribution < 1.29 is 4.79 Å². The van der Waals surface area contributed by atoms with Gasteiger partial charge in [0.1, 0.15) is 0 Å². The van der Waals surface area contributed by atoms with Crippen LogP contribution >= 0.6 is 0 Å². The minimum atomic E-state index is 0.297. The Labute approximate surface area is 68.5 Å². The van der Waals surface area contributed by atoms with Crippen LogP contribution in [0.25, 0.3) is 0 Å². The minimum Gasteiger partial charge on any atom is -0.295 e. The van der Waals surface area contributed by atoms with Crippen LogP contribution in [-0.2, 0) is 4.79 Å². The molecule has 0 bridgehead atoms. The Morgan fingerprint density at radius 2 is 2.36 bits per heavy atom. The first-order valence-corrected chi connectivity index (χ1v) is 4.47. The van der Waals surface area contributed by atoms with Gasteiger partial charge in [-0.25, -0.2) is 0 Å². The molecule has 62 valence electrons. The normalized spacial score (nSPS) is 24.6. The Hall–Kier alpha value is -0.590. The summed E-state index contributed by atoms with van der Waals surface area (Å²) in [5.41, 5.74) is 0.887. The summed E-state index contributed by atoms with van der Waals surface area (Å²) >= 11 is 0. The summed E-state index contributed by atoms with van der Waals surface area (Å²) in [5.74, 6) is 0.813. The summed E-state index contributed by atoms with van der Waals surface area (Å²) in [7, 11) is 0. The molecule has 1 saturated carbocycles. The second-order valence-electron chi connectivity index (χ2n) is 3.33. The standard InChI is InChI=1S/C10H16O/c1-3-4-5-9-6-7-10(11)8(9)2/h9H,2-7H2,1H3. The Kier molecular flexibility index (Phi) is 2.86. The molecule has 1 rings (SSSR count). The number of hydrogen-bond acceptors (Lipinski definition) is 1. The van der Waals surface area contributed by atoms with Crippen molar-refractivity contribution >= 4 is 5.78 Å². The third-order valence-electron chi connectivity index (χ3n) is 2.48. The van der Waals surface area contributed by atoms with Crippen molar-refractivity contribution in [3.05, 3.63) is 12.2 Å². The van der Waals surface area contributed by atoms with Gasteiger partial charge in [-0.2, -0.15) is 0 Å². The molecule has 1 heteroatoms. The number of rotatable bonds is 3. The zero-order valence-electron chi connectivity index (χ0n) is 7.23. The van der Waals surface area contributed by atoms with Crippen LogP contribution in [0.1, 0.15) is 39.0 Å². The molecular formula is C10H16O. The van der Waals surface area contributed by atoms with Crippen LogP contribution in [-0.4, -0.2) is 5.78 Å². The highest BCUT2D eigenvalue weighted by molar-refractivity contribution is 5.97. The summed E-state index contributed by atoms with van der Waals surface area (Å²) in [5, 5.41) is 0. The Balaban J connectivity index is 2.36. The Morgan fingerprint density at radius 3 is 2.82 bits per heavy atom. The number of carbonyl (C=O) groups excluding carboxylic acids is 1. The summed E-state index contributed by atoms with van der Waals surface area (Å²) in [4.78, 5) is 11.0. The van der Waals surface area contributed by atoms with Gasteiger partial charge in [0, 0.05) is 6.42 Å². The predicted molar refractivity (Wildman–Crippen MR) is 46.4 cm³/mol. The molecule has 0 radical (unpaired) electrons. The molecule has 1 aliphatic rings. The van der Waals surface area contributed by atoms with Crippen LogP contribution in [0.3, 0.4) is 0 Å². The van der Waals surface area contributed by atoms with E-state index >= 15 is 0 Å². The summed E-state index contributed by atoms with van der Waals surface area (Å²) in [6.07, 6.45) is 5.42. The molecule has 0 aliphatic heterocycles. The first-order valence-electron chi connectivity index (χ1n) is 4.47. The zero-order chi connectivity index (χ0) is 8.27. The molecule has 0 heterocycles. The maximum Gasteiger partial charge on any atom is 0.158 e. The van der Waals surface area contributed by atoms with Gasteiger partial charge in [0.05, 0.1) is 0 Å². The number of hydrogen-bond donors (Lipinski definition) is 0. The molecule has 0 N–H and O–H groups in total. The van der Waals surface area contributed by atoms with Gasteiger partial charge in [-0.1, -0.05) is 26.3 Å². The number of ketones is 1. The summed E-state index contributed by atoms with van der Waals surface area (Å²) in [6.45, 7) is 6.00. The van der Waals surface area contributed by atoms with Crippen molar-refractivity contribution in [3.8, 4) is 0 Å². The lowest BCUT2D eigenvalue weighted by Gasteiger charge is -2.07. The number of unbranched alkanes of at least 4 members (excludes halogenated alkanes) is 1. The van der Waals surface area contributed by atoms with E-state index < -0.39 is 0 Å². The SMILES string of the molecule is C=C1C(=O)CCC1CCCC. The van der Waals surface area contributed by atoms with Crippen LogP contribution in [0, 0.1) is 5.92 Å². The van der Waals surface area contributed by atoms with Crippen molar-refractivity contribution in [1.82, 2.24) is 0 Å². The van der Waals surface area contributed by atoms with Gasteiger partial charge in [-0.3, -0.25) is 4.79 Å². The van der Waals surface area contributed by atoms with E-state index in [0.717, 1.165) is 18.4 Å². The van der Waals surface area contributed by atoms with Crippen molar-refractivity contribution in [3.63, 3.8) is 0 Å². The first kappa shape index (κ1) is 8.51. The van der Waals surface area contributed by atoms with Crippen molar-refractivity contribution in [2.24, 2.45) is 5.92 Å². The lowest BCUT2D eigenvalue weighted by Crippen LogP contribution is -1.99. The van der Waals surface area contributed by atoms with Gasteiger partial charge in [-0.05, 0) is 24.3 Å². The van der Waals surface area contributed by atoms with E-state index in [1.165, 1.54) is 19.3 Å². The average Bonchev–Trinajstić information content (AvgIpc) is 2.31. The molecule has 0 saturated heterocycles. The van der Waals surface area contributed by atoms with E-state index in [9.17, 15) is 4.79 Å². The van der Waals surface area contributed by atoms with Crippen molar-refractivity contribution in [2.45, 2.75) is 39.0 Å². The highest BCUT2D eigenvalue weighted by Crippen LogP contribution is 2.30. The average molecular weight is 152 g/mol. The minimum absolute atomic E-state index is 0.297. The van der Waals surface area contributed by atoms with Gasteiger partial charge in [0.25, 0.3) is 0 Å². The van der Waals surface area contributed by atoms with Crippen LogP contribution < -0.4 is 0 Å². The van der Waals surface area contributed by atoms with Crippen LogP contribution in [0.15, 0.2) is 12.2 Å². The van der Waals surface area contributed by atoms with Gasteiger partial charge >= 0.3 is 0 Å². The first-order chi connectivity index (χ1) is 5.25. The molecule has 11 heavy (non-hydrogen) atoms. The molecule has 0 spiro atoms. The molecule has 1 nitrogen and oxygen atoms in total. The smallest absolute Gasteiger partial charge is 0.158 e. The van der Waals surface area contributed by atoms with E-state index in [2.05, 4.69) is 13.5 Å². The number of carbonyl (C=O) groups is 1. The van der Waals surface area contributed by atoms with Crippen molar-refractivity contribution in [2.75, 3.05) is 0 Å². The molecular weight excluding hydrogens is 136 g/mol. The van der Waals surface area contributed by atoms with Gasteiger partial charge in [0.2, 0.25) is 0 Å². The van der Waals surface area contributed by atoms with E-state index in [1.807, 2.05) is 0 Å². The molecule has 0 amide bonds. The number of allylic oxidation sites excluding steroid dienone is 1. The maximum atomic E-state index is 11.0. The lowest BCUT2D eigenvalue weighted by atomic mass is 9.97. The van der Waals surface area contributed by atoms with E-state index in [-0.39, 0.29) is 0 Å². The molecule has 1 atom stereocenters. The summed E-state index contributed by atoms with van der Waals surface area (Å²) in [6, 6.07) is 0. The second-order valence-corrected chi connectivity index (χ2v) is 3.33. The van der Waals surface area contributed by atoms with Gasteiger partial charge in [0.15, 0.2) is 5.78 Å². The van der Waals surface area contributed by atoms with Crippen molar-refractivity contribution in [1.29, 1.82) is 0 Å². The predicted octanol–water partition coefficient (Wildman–Crippen LogP) is 2.71. The molecule has 0 aromatic heterocycles. The zero-order valence-corrected chi connectivity index (χ0v) is 7.23. The quantitative estimate of drug-likeness (QED) is 0.568. The Morgan fingerprint density at radius 1 is 1.64 bits per heavy atom. The van der Waals surface area contributed by atoms with E-state index in [4.69, 9.17) is 0 Å². The molecule has 1 unspecified atom stereocenters.